The van der Waals surface area contributed by atoms with Gasteiger partial charge in [0.05, 0.1) is 9.92 Å². The third-order valence-corrected chi connectivity index (χ3v) is 6.75. The zero-order valence-corrected chi connectivity index (χ0v) is 16.6. The van der Waals surface area contributed by atoms with E-state index in [9.17, 15) is 12.8 Å². The Morgan fingerprint density at radius 2 is 1.81 bits per heavy atom. The smallest absolute Gasteiger partial charge is 0.240 e. The summed E-state index contributed by atoms with van der Waals surface area (Å²) in [6.45, 7) is 3.39. The molecule has 27 heavy (non-hydrogen) atoms. The molecule has 0 bridgehead atoms. The Bertz CT molecular complexity index is 854. The molecule has 0 saturated carbocycles. The second-order valence-electron chi connectivity index (χ2n) is 6.97. The van der Waals surface area contributed by atoms with Crippen molar-refractivity contribution in [1.82, 2.24) is 9.62 Å². The van der Waals surface area contributed by atoms with Gasteiger partial charge in [-0.2, -0.15) is 0 Å². The van der Waals surface area contributed by atoms with Crippen LogP contribution in [0.25, 0.3) is 0 Å². The summed E-state index contributed by atoms with van der Waals surface area (Å²) in [6, 6.07) is 13.9. The summed E-state index contributed by atoms with van der Waals surface area (Å²) in [7, 11) is -3.66. The largest absolute Gasteiger partial charge is 0.299 e. The van der Waals surface area contributed by atoms with Crippen LogP contribution in [0.15, 0.2) is 53.4 Å². The second kappa shape index (κ2) is 9.15. The topological polar surface area (TPSA) is 49.4 Å². The molecule has 1 heterocycles. The molecule has 146 valence electrons. The molecule has 1 saturated heterocycles. The number of likely N-dealkylation sites (tertiary alicyclic amines) is 1. The lowest BCUT2D eigenvalue weighted by Gasteiger charge is -2.32. The van der Waals surface area contributed by atoms with Crippen molar-refractivity contribution in [2.45, 2.75) is 30.7 Å². The van der Waals surface area contributed by atoms with Gasteiger partial charge in [-0.25, -0.2) is 17.5 Å². The molecule has 1 aliphatic rings. The van der Waals surface area contributed by atoms with E-state index in [0.717, 1.165) is 51.0 Å². The fourth-order valence-corrected chi connectivity index (χ4v) is 4.72. The number of hydrogen-bond acceptors (Lipinski definition) is 3. The normalized spacial score (nSPS) is 16.5. The van der Waals surface area contributed by atoms with Crippen LogP contribution in [0, 0.1) is 11.7 Å². The monoisotopic (exact) mass is 410 g/mol. The van der Waals surface area contributed by atoms with Gasteiger partial charge in [-0.15, -0.1) is 0 Å². The number of halogens is 2. The zero-order valence-electron chi connectivity index (χ0n) is 15.1. The minimum absolute atomic E-state index is 0.00780. The van der Waals surface area contributed by atoms with E-state index in [-0.39, 0.29) is 9.92 Å². The van der Waals surface area contributed by atoms with Crippen LogP contribution in [-0.2, 0) is 16.6 Å². The van der Waals surface area contributed by atoms with Gasteiger partial charge in [-0.1, -0.05) is 41.9 Å². The Hall–Kier alpha value is -1.47. The summed E-state index contributed by atoms with van der Waals surface area (Å²) in [5.74, 6) is -0.116. The molecule has 0 amide bonds. The Kier molecular flexibility index (Phi) is 6.87. The summed E-state index contributed by atoms with van der Waals surface area (Å²) in [6.07, 6.45) is 2.93. The Morgan fingerprint density at radius 3 is 2.48 bits per heavy atom. The molecular formula is C20H24ClFN2O2S. The third-order valence-electron chi connectivity index (χ3n) is 5.00. The number of benzene rings is 2. The number of nitrogens with zero attached hydrogens (tertiary/aromatic N) is 1. The van der Waals surface area contributed by atoms with E-state index < -0.39 is 15.8 Å². The molecule has 2 aromatic rings. The first kappa shape index (κ1) is 20.3. The van der Waals surface area contributed by atoms with Crippen molar-refractivity contribution in [2.75, 3.05) is 19.6 Å². The van der Waals surface area contributed by atoms with Gasteiger partial charge < -0.3 is 0 Å². The maximum absolute atomic E-state index is 13.2. The molecule has 1 N–H and O–H groups in total. The molecular weight excluding hydrogens is 387 g/mol. The van der Waals surface area contributed by atoms with Crippen molar-refractivity contribution < 1.29 is 12.8 Å². The van der Waals surface area contributed by atoms with Gasteiger partial charge in [0, 0.05) is 13.1 Å². The van der Waals surface area contributed by atoms with Crippen LogP contribution in [0.3, 0.4) is 0 Å². The lowest BCUT2D eigenvalue weighted by molar-refractivity contribution is 0.173. The quantitative estimate of drug-likeness (QED) is 0.748. The van der Waals surface area contributed by atoms with E-state index in [1.54, 1.807) is 0 Å². The second-order valence-corrected chi connectivity index (χ2v) is 9.14. The molecule has 0 aromatic heterocycles. The Labute approximate surface area is 165 Å². The van der Waals surface area contributed by atoms with Gasteiger partial charge in [0.2, 0.25) is 10.0 Å². The average molecular weight is 411 g/mol. The van der Waals surface area contributed by atoms with Gasteiger partial charge in [-0.3, -0.25) is 4.90 Å². The highest BCUT2D eigenvalue weighted by Gasteiger charge is 2.21. The van der Waals surface area contributed by atoms with Gasteiger partial charge in [-0.05, 0) is 62.0 Å². The van der Waals surface area contributed by atoms with E-state index >= 15 is 0 Å². The number of rotatable bonds is 7. The van der Waals surface area contributed by atoms with Crippen LogP contribution in [0.5, 0.6) is 0 Å². The predicted molar refractivity (Wildman–Crippen MR) is 106 cm³/mol. The SMILES string of the molecule is O=S(=O)(NCCC1CCN(Cc2ccccc2)CC1)c1ccc(F)c(Cl)c1. The first-order valence-corrected chi connectivity index (χ1v) is 11.0. The molecule has 0 radical (unpaired) electrons. The van der Waals surface area contributed by atoms with Crippen LogP contribution < -0.4 is 4.72 Å². The van der Waals surface area contributed by atoms with Crippen LogP contribution in [0.1, 0.15) is 24.8 Å². The van der Waals surface area contributed by atoms with Gasteiger partial charge in [0.1, 0.15) is 5.82 Å². The minimum atomic E-state index is -3.66. The van der Waals surface area contributed by atoms with Crippen molar-refractivity contribution >= 4 is 21.6 Å². The molecule has 0 aliphatic carbocycles. The highest BCUT2D eigenvalue weighted by Crippen LogP contribution is 2.22. The maximum atomic E-state index is 13.2. The lowest BCUT2D eigenvalue weighted by Crippen LogP contribution is -2.34. The summed E-state index contributed by atoms with van der Waals surface area (Å²) >= 11 is 5.68. The summed E-state index contributed by atoms with van der Waals surface area (Å²) in [5.41, 5.74) is 1.32. The van der Waals surface area contributed by atoms with Crippen LogP contribution in [-0.4, -0.2) is 33.0 Å². The van der Waals surface area contributed by atoms with E-state index in [4.69, 9.17) is 11.6 Å². The van der Waals surface area contributed by atoms with Crippen molar-refractivity contribution in [3.05, 3.63) is 64.9 Å². The molecule has 0 unspecified atom stereocenters. The summed E-state index contributed by atoms with van der Waals surface area (Å²) in [5, 5.41) is -0.191. The number of hydrogen-bond donors (Lipinski definition) is 1. The Balaban J connectivity index is 1.43. The van der Waals surface area contributed by atoms with Crippen LogP contribution in [0.2, 0.25) is 5.02 Å². The van der Waals surface area contributed by atoms with Crippen molar-refractivity contribution in [3.8, 4) is 0 Å². The first-order chi connectivity index (χ1) is 12.9. The highest BCUT2D eigenvalue weighted by molar-refractivity contribution is 7.89. The minimum Gasteiger partial charge on any atom is -0.299 e. The lowest BCUT2D eigenvalue weighted by atomic mass is 9.93. The summed E-state index contributed by atoms with van der Waals surface area (Å²) < 4.78 is 40.4. The molecule has 7 heteroatoms. The first-order valence-electron chi connectivity index (χ1n) is 9.15. The Morgan fingerprint density at radius 1 is 1.11 bits per heavy atom. The molecule has 0 spiro atoms. The molecule has 2 aromatic carbocycles. The van der Waals surface area contributed by atoms with Crippen molar-refractivity contribution in [1.29, 1.82) is 0 Å². The predicted octanol–water partition coefficient (Wildman–Crippen LogP) is 4.06. The van der Waals surface area contributed by atoms with Gasteiger partial charge in [0.15, 0.2) is 0 Å². The van der Waals surface area contributed by atoms with Crippen molar-refractivity contribution in [2.24, 2.45) is 5.92 Å². The molecule has 3 rings (SSSR count). The third kappa shape index (κ3) is 5.75. The highest BCUT2D eigenvalue weighted by atomic mass is 35.5. The standard InChI is InChI=1S/C20H24ClFN2O2S/c21-19-14-18(6-7-20(19)22)27(25,26)23-11-8-16-9-12-24(13-10-16)15-17-4-2-1-3-5-17/h1-7,14,16,23H,8-13,15H2. The fraction of sp³-hybridized carbons (Fsp3) is 0.400. The molecule has 4 nitrogen and oxygen atoms in total. The summed E-state index contributed by atoms with van der Waals surface area (Å²) in [4.78, 5) is 2.43. The van der Waals surface area contributed by atoms with E-state index in [0.29, 0.717) is 12.5 Å². The van der Waals surface area contributed by atoms with Crippen LogP contribution in [0.4, 0.5) is 4.39 Å². The zero-order chi connectivity index (χ0) is 19.3. The number of sulfonamides is 1. The molecule has 0 atom stereocenters. The fourth-order valence-electron chi connectivity index (χ4n) is 3.40. The van der Waals surface area contributed by atoms with E-state index in [2.05, 4.69) is 33.9 Å². The van der Waals surface area contributed by atoms with Crippen LogP contribution >= 0.6 is 11.6 Å². The van der Waals surface area contributed by atoms with E-state index in [1.807, 2.05) is 6.07 Å². The van der Waals surface area contributed by atoms with Gasteiger partial charge >= 0.3 is 0 Å². The van der Waals surface area contributed by atoms with Gasteiger partial charge in [0.25, 0.3) is 0 Å². The average Bonchev–Trinajstić information content (AvgIpc) is 2.66. The number of nitrogens with one attached hydrogen (secondary N) is 1. The maximum Gasteiger partial charge on any atom is 0.240 e. The molecule has 1 aliphatic heterocycles. The van der Waals surface area contributed by atoms with Crippen molar-refractivity contribution in [3.63, 3.8) is 0 Å². The molecule has 1 fully saturated rings. The number of piperidine rings is 1. The van der Waals surface area contributed by atoms with E-state index in [1.165, 1.54) is 11.6 Å².